The molecule has 6 heteroatoms. The molecule has 1 aromatic carbocycles. The van der Waals surface area contributed by atoms with Crippen molar-refractivity contribution in [2.24, 2.45) is 0 Å². The molecular formula is C15H20N2O4. The SMILES string of the molecule is CC[C@H]1CCCCN1C(=O)COc1ccccc1[N+](=O)[O-]. The van der Waals surface area contributed by atoms with Crippen LogP contribution in [0.3, 0.4) is 0 Å². The normalized spacial score (nSPS) is 18.3. The van der Waals surface area contributed by atoms with Gasteiger partial charge in [0.2, 0.25) is 0 Å². The Balaban J connectivity index is 1.99. The van der Waals surface area contributed by atoms with Crippen molar-refractivity contribution in [3.05, 3.63) is 34.4 Å². The quantitative estimate of drug-likeness (QED) is 0.618. The molecule has 2 rings (SSSR count). The van der Waals surface area contributed by atoms with E-state index < -0.39 is 4.92 Å². The topological polar surface area (TPSA) is 72.7 Å². The fraction of sp³-hybridized carbons (Fsp3) is 0.533. The van der Waals surface area contributed by atoms with Crippen LogP contribution in [-0.4, -0.2) is 34.9 Å². The number of hydrogen-bond donors (Lipinski definition) is 0. The zero-order valence-corrected chi connectivity index (χ0v) is 12.2. The molecule has 114 valence electrons. The average Bonchev–Trinajstić information content (AvgIpc) is 2.52. The first kappa shape index (κ1) is 15.3. The van der Waals surface area contributed by atoms with Gasteiger partial charge in [-0.05, 0) is 31.7 Å². The maximum atomic E-state index is 12.3. The third-order valence-corrected chi connectivity index (χ3v) is 3.83. The predicted octanol–water partition coefficient (Wildman–Crippen LogP) is 2.76. The minimum Gasteiger partial charge on any atom is -0.477 e. The summed E-state index contributed by atoms with van der Waals surface area (Å²) in [5.74, 6) is 0.0422. The molecule has 1 aliphatic heterocycles. The first-order valence-corrected chi connectivity index (χ1v) is 7.29. The van der Waals surface area contributed by atoms with Crippen LogP contribution < -0.4 is 4.74 Å². The van der Waals surface area contributed by atoms with E-state index in [1.54, 1.807) is 12.1 Å². The maximum absolute atomic E-state index is 12.3. The molecule has 0 radical (unpaired) electrons. The number of carbonyl (C=O) groups is 1. The molecule has 21 heavy (non-hydrogen) atoms. The molecule has 1 heterocycles. The molecule has 6 nitrogen and oxygen atoms in total. The second-order valence-corrected chi connectivity index (χ2v) is 5.16. The molecule has 1 aliphatic rings. The summed E-state index contributed by atoms with van der Waals surface area (Å²) in [6.45, 7) is 2.66. The Morgan fingerprint density at radius 3 is 2.90 bits per heavy atom. The largest absolute Gasteiger partial charge is 0.477 e. The van der Waals surface area contributed by atoms with Crippen LogP contribution in [0, 0.1) is 10.1 Å². The maximum Gasteiger partial charge on any atom is 0.310 e. The molecule has 0 N–H and O–H groups in total. The molecular weight excluding hydrogens is 272 g/mol. The van der Waals surface area contributed by atoms with Crippen molar-refractivity contribution < 1.29 is 14.5 Å². The van der Waals surface area contributed by atoms with Crippen molar-refractivity contribution in [2.45, 2.75) is 38.6 Å². The van der Waals surface area contributed by atoms with Gasteiger partial charge in [0.15, 0.2) is 12.4 Å². The lowest BCUT2D eigenvalue weighted by Gasteiger charge is -2.35. The van der Waals surface area contributed by atoms with Crippen LogP contribution in [0.5, 0.6) is 5.75 Å². The molecule has 0 saturated carbocycles. The second kappa shape index (κ2) is 7.06. The van der Waals surface area contributed by atoms with E-state index in [4.69, 9.17) is 4.74 Å². The highest BCUT2D eigenvalue weighted by atomic mass is 16.6. The van der Waals surface area contributed by atoms with Crippen molar-refractivity contribution in [1.82, 2.24) is 4.90 Å². The lowest BCUT2D eigenvalue weighted by molar-refractivity contribution is -0.385. The summed E-state index contributed by atoms with van der Waals surface area (Å²) in [5, 5.41) is 10.9. The average molecular weight is 292 g/mol. The van der Waals surface area contributed by atoms with Crippen LogP contribution in [0.2, 0.25) is 0 Å². The molecule has 0 aromatic heterocycles. The number of nitrogens with zero attached hydrogens (tertiary/aromatic N) is 2. The van der Waals surface area contributed by atoms with Crippen LogP contribution in [-0.2, 0) is 4.79 Å². The monoisotopic (exact) mass is 292 g/mol. The molecule has 1 fully saturated rings. The van der Waals surface area contributed by atoms with Gasteiger partial charge >= 0.3 is 5.69 Å². The Bertz CT molecular complexity index is 518. The van der Waals surface area contributed by atoms with Gasteiger partial charge < -0.3 is 9.64 Å². The third kappa shape index (κ3) is 3.71. The third-order valence-electron chi connectivity index (χ3n) is 3.83. The Kier molecular flexibility index (Phi) is 5.14. The van der Waals surface area contributed by atoms with E-state index in [0.717, 1.165) is 32.2 Å². The van der Waals surface area contributed by atoms with E-state index in [1.807, 2.05) is 4.90 Å². The fourth-order valence-electron chi connectivity index (χ4n) is 2.71. The van der Waals surface area contributed by atoms with Crippen molar-refractivity contribution in [2.75, 3.05) is 13.2 Å². The Morgan fingerprint density at radius 1 is 1.43 bits per heavy atom. The molecule has 1 atom stereocenters. The Hall–Kier alpha value is -2.11. The highest BCUT2D eigenvalue weighted by molar-refractivity contribution is 5.78. The molecule has 0 spiro atoms. The molecule has 1 aromatic rings. The number of carbonyl (C=O) groups excluding carboxylic acids is 1. The highest BCUT2D eigenvalue weighted by Crippen LogP contribution is 2.26. The van der Waals surface area contributed by atoms with Gasteiger partial charge in [0.1, 0.15) is 0 Å². The number of hydrogen-bond acceptors (Lipinski definition) is 4. The predicted molar refractivity (Wildman–Crippen MR) is 78.2 cm³/mol. The van der Waals surface area contributed by atoms with Crippen LogP contribution in [0.25, 0.3) is 0 Å². The summed E-state index contributed by atoms with van der Waals surface area (Å²) in [4.78, 5) is 24.5. The van der Waals surface area contributed by atoms with E-state index in [2.05, 4.69) is 6.92 Å². The van der Waals surface area contributed by atoms with E-state index in [0.29, 0.717) is 0 Å². The zero-order chi connectivity index (χ0) is 15.2. The standard InChI is InChI=1S/C15H20N2O4/c1-2-12-7-5-6-10-16(12)15(18)11-21-14-9-4-3-8-13(14)17(19)20/h3-4,8-9,12H,2,5-7,10-11H2,1H3/t12-/m0/s1. The number of ether oxygens (including phenoxy) is 1. The number of likely N-dealkylation sites (tertiary alicyclic amines) is 1. The van der Waals surface area contributed by atoms with Gasteiger partial charge in [0.25, 0.3) is 5.91 Å². The Morgan fingerprint density at radius 2 is 2.19 bits per heavy atom. The number of piperidine rings is 1. The molecule has 0 unspecified atom stereocenters. The van der Waals surface area contributed by atoms with E-state index in [9.17, 15) is 14.9 Å². The second-order valence-electron chi connectivity index (χ2n) is 5.16. The van der Waals surface area contributed by atoms with E-state index in [1.165, 1.54) is 12.1 Å². The summed E-state index contributed by atoms with van der Waals surface area (Å²) < 4.78 is 5.37. The van der Waals surface area contributed by atoms with Gasteiger partial charge in [-0.3, -0.25) is 14.9 Å². The summed E-state index contributed by atoms with van der Waals surface area (Å²) in [6, 6.07) is 6.38. The fourth-order valence-corrected chi connectivity index (χ4v) is 2.71. The van der Waals surface area contributed by atoms with Gasteiger partial charge in [-0.2, -0.15) is 0 Å². The van der Waals surface area contributed by atoms with E-state index >= 15 is 0 Å². The van der Waals surface area contributed by atoms with Crippen LogP contribution >= 0.6 is 0 Å². The number of para-hydroxylation sites is 2. The highest BCUT2D eigenvalue weighted by Gasteiger charge is 2.26. The minimum atomic E-state index is -0.504. The first-order valence-electron chi connectivity index (χ1n) is 7.29. The lowest BCUT2D eigenvalue weighted by Crippen LogP contribution is -2.45. The van der Waals surface area contributed by atoms with Crippen molar-refractivity contribution in [3.8, 4) is 5.75 Å². The van der Waals surface area contributed by atoms with Crippen molar-refractivity contribution in [1.29, 1.82) is 0 Å². The van der Waals surface area contributed by atoms with Gasteiger partial charge in [-0.1, -0.05) is 19.1 Å². The Labute approximate surface area is 123 Å². The minimum absolute atomic E-state index is 0.0975. The number of amides is 1. The van der Waals surface area contributed by atoms with Crippen molar-refractivity contribution >= 4 is 11.6 Å². The molecule has 0 bridgehead atoms. The molecule has 1 saturated heterocycles. The number of benzene rings is 1. The first-order chi connectivity index (χ1) is 10.1. The summed E-state index contributed by atoms with van der Waals surface area (Å²) in [6.07, 6.45) is 4.10. The van der Waals surface area contributed by atoms with Crippen LogP contribution in [0.15, 0.2) is 24.3 Å². The number of nitro benzene ring substituents is 1. The van der Waals surface area contributed by atoms with Gasteiger partial charge in [-0.15, -0.1) is 0 Å². The lowest BCUT2D eigenvalue weighted by atomic mass is 10.00. The summed E-state index contributed by atoms with van der Waals surface area (Å²) in [7, 11) is 0. The van der Waals surface area contributed by atoms with Gasteiger partial charge in [0, 0.05) is 18.7 Å². The molecule has 0 aliphatic carbocycles. The summed E-state index contributed by atoms with van der Waals surface area (Å²) in [5.41, 5.74) is -0.115. The van der Waals surface area contributed by atoms with Crippen molar-refractivity contribution in [3.63, 3.8) is 0 Å². The van der Waals surface area contributed by atoms with Gasteiger partial charge in [0.05, 0.1) is 4.92 Å². The summed E-state index contributed by atoms with van der Waals surface area (Å²) >= 11 is 0. The smallest absolute Gasteiger partial charge is 0.310 e. The number of nitro groups is 1. The van der Waals surface area contributed by atoms with Crippen LogP contribution in [0.1, 0.15) is 32.6 Å². The van der Waals surface area contributed by atoms with Crippen LogP contribution in [0.4, 0.5) is 5.69 Å². The zero-order valence-electron chi connectivity index (χ0n) is 12.2. The van der Waals surface area contributed by atoms with E-state index in [-0.39, 0.29) is 30.0 Å². The molecule has 1 amide bonds. The number of rotatable bonds is 5. The van der Waals surface area contributed by atoms with Gasteiger partial charge in [-0.25, -0.2) is 0 Å².